The van der Waals surface area contributed by atoms with Crippen molar-refractivity contribution < 1.29 is 25.6 Å². The van der Waals surface area contributed by atoms with Crippen LogP contribution in [0, 0.1) is 0 Å². The zero-order valence-corrected chi connectivity index (χ0v) is 10.8. The molecule has 0 aliphatic carbocycles. The van der Waals surface area contributed by atoms with E-state index >= 15 is 0 Å². The molecule has 0 amide bonds. The highest BCUT2D eigenvalue weighted by Gasteiger charge is 1.74. The number of carbonyl (C=O) groups excluding carboxylic acids is 1. The maximum Gasteiger partial charge on any atom is 0.0942 e. The Hall–Kier alpha value is -1.85. The van der Waals surface area contributed by atoms with E-state index in [4.69, 9.17) is 15.0 Å². The summed E-state index contributed by atoms with van der Waals surface area (Å²) in [7, 11) is 0. The molecule has 0 aliphatic rings. The van der Waals surface area contributed by atoms with Gasteiger partial charge in [-0.3, -0.25) is 0 Å². The van der Waals surface area contributed by atoms with Crippen molar-refractivity contribution in [3.63, 3.8) is 0 Å². The largest absolute Gasteiger partial charge is 0.652 e. The van der Waals surface area contributed by atoms with Crippen molar-refractivity contribution in [2.24, 2.45) is 0 Å². The summed E-state index contributed by atoms with van der Waals surface area (Å²) >= 11 is 0. The Bertz CT molecular complexity index is 190. The van der Waals surface area contributed by atoms with E-state index in [0.717, 1.165) is 26.2 Å². The first-order chi connectivity index (χ1) is 8.56. The monoisotopic (exact) mass is 256 g/mol. The number of hydrogen-bond acceptors (Lipinski definition) is 3. The molecule has 0 aromatic carbocycles. The van der Waals surface area contributed by atoms with Gasteiger partial charge in [-0.15, -0.1) is 0 Å². The molecule has 0 saturated heterocycles. The molecule has 5 nitrogen and oxygen atoms in total. The summed E-state index contributed by atoms with van der Waals surface area (Å²) in [5.74, 6) is 0. The summed E-state index contributed by atoms with van der Waals surface area (Å²) in [6, 6.07) is 0. The predicted octanol–water partition coefficient (Wildman–Crippen LogP) is -2.60. The molecular weight excluding hydrogens is 232 g/mol. The van der Waals surface area contributed by atoms with Crippen molar-refractivity contribution >= 4 is 6.16 Å². The molecule has 0 spiro atoms. The molecule has 0 bridgehead atoms. The molecule has 0 unspecified atom stereocenters. The highest BCUT2D eigenvalue weighted by atomic mass is 16.6. The van der Waals surface area contributed by atoms with E-state index < -0.39 is 6.16 Å². The second kappa shape index (κ2) is 24.4. The Morgan fingerprint density at radius 3 is 1.06 bits per heavy atom. The molecule has 0 rings (SSSR count). The van der Waals surface area contributed by atoms with Crippen LogP contribution in [0.3, 0.4) is 0 Å². The molecule has 18 heavy (non-hydrogen) atoms. The summed E-state index contributed by atoms with van der Waals surface area (Å²) in [5.41, 5.74) is 0. The first-order valence-corrected chi connectivity index (χ1v) is 5.51. The number of carbonyl (C=O) groups is 1. The first kappa shape index (κ1) is 21.4. The molecule has 0 radical (unpaired) electrons. The minimum absolute atomic E-state index is 0.992. The Labute approximate surface area is 109 Å². The average Bonchev–Trinajstić information content (AvgIpc) is 2.31. The molecule has 104 valence electrons. The van der Waals surface area contributed by atoms with Crippen LogP contribution in [-0.4, -0.2) is 32.3 Å². The van der Waals surface area contributed by atoms with Crippen molar-refractivity contribution in [2.45, 2.75) is 0 Å². The quantitative estimate of drug-likeness (QED) is 0.368. The summed E-state index contributed by atoms with van der Waals surface area (Å²) in [5, 5.41) is 20.9. The van der Waals surface area contributed by atoms with E-state index in [2.05, 4.69) is 36.9 Å². The van der Waals surface area contributed by atoms with Gasteiger partial charge in [-0.25, -0.2) is 0 Å². The van der Waals surface area contributed by atoms with Crippen LogP contribution in [0.1, 0.15) is 0 Å². The van der Waals surface area contributed by atoms with Gasteiger partial charge >= 0.3 is 0 Å². The zero-order chi connectivity index (χ0) is 14.6. The van der Waals surface area contributed by atoms with Gasteiger partial charge in [0.25, 0.3) is 0 Å². The van der Waals surface area contributed by atoms with Crippen LogP contribution in [0.15, 0.2) is 50.6 Å². The van der Waals surface area contributed by atoms with Gasteiger partial charge < -0.3 is 25.6 Å². The smallest absolute Gasteiger partial charge is 0.0942 e. The third kappa shape index (κ3) is 64.7. The van der Waals surface area contributed by atoms with Crippen LogP contribution >= 0.6 is 0 Å². The fourth-order valence-corrected chi connectivity index (χ4v) is 0.664. The minimum atomic E-state index is -2.33. The van der Waals surface area contributed by atoms with Crippen molar-refractivity contribution in [3.05, 3.63) is 50.6 Å². The van der Waals surface area contributed by atoms with E-state index in [1.54, 1.807) is 0 Å². The molecule has 0 saturated carbocycles. The normalized spacial score (nSPS) is 7.56. The van der Waals surface area contributed by atoms with Gasteiger partial charge in [-0.1, -0.05) is 26.3 Å². The maximum atomic E-state index is 8.33. The lowest BCUT2D eigenvalue weighted by Crippen LogP contribution is -2.83. The van der Waals surface area contributed by atoms with E-state index in [0.29, 0.717) is 0 Å². The first-order valence-electron chi connectivity index (χ1n) is 5.51. The van der Waals surface area contributed by atoms with Gasteiger partial charge in [0.2, 0.25) is 0 Å². The van der Waals surface area contributed by atoms with Gasteiger partial charge in [-0.2, -0.15) is 0 Å². The van der Waals surface area contributed by atoms with Crippen molar-refractivity contribution in [1.82, 2.24) is 0 Å². The Morgan fingerprint density at radius 1 is 0.778 bits per heavy atom. The summed E-state index contributed by atoms with van der Waals surface area (Å²) < 4.78 is 0. The van der Waals surface area contributed by atoms with E-state index in [1.807, 2.05) is 24.3 Å². The third-order valence-electron chi connectivity index (χ3n) is 1.33. The summed E-state index contributed by atoms with van der Waals surface area (Å²) in [4.78, 5) is 8.33. The Morgan fingerprint density at radius 2 is 0.944 bits per heavy atom. The van der Waals surface area contributed by atoms with Gasteiger partial charge in [0.1, 0.15) is 0 Å². The second-order valence-corrected chi connectivity index (χ2v) is 2.92. The standard InChI is InChI=1S/2C6H11N.CH2O3/c2*1-3-5-7-6-4-2;2-1(3)4/h2*3-4,7H,1-2,5-6H2;(H2,2,3,4). The number of nitrogens with two attached hydrogens (primary N) is 2. The third-order valence-corrected chi connectivity index (χ3v) is 1.33. The van der Waals surface area contributed by atoms with Gasteiger partial charge in [-0.05, 0) is 30.5 Å². The lowest BCUT2D eigenvalue weighted by molar-refractivity contribution is -0.637. The molecule has 0 atom stereocenters. The molecule has 5 heteroatoms. The van der Waals surface area contributed by atoms with Crippen LogP contribution in [-0.2, 0) is 0 Å². The fraction of sp³-hybridized carbons (Fsp3) is 0.308. The number of hydrogen-bond donors (Lipinski definition) is 2. The SMILES string of the molecule is C=CC[NH2+]CC=C.C=CC[NH2+]CC=C.O=C([O-])[O-]. The predicted molar refractivity (Wildman–Crippen MR) is 69.5 cm³/mol. The highest BCUT2D eigenvalue weighted by Crippen LogP contribution is 1.47. The zero-order valence-electron chi connectivity index (χ0n) is 10.8. The molecule has 4 N–H and O–H groups in total. The summed E-state index contributed by atoms with van der Waals surface area (Å²) in [6.07, 6.45) is 5.18. The lowest BCUT2D eigenvalue weighted by Gasteiger charge is -1.96. The molecular formula is C13H24N2O3. The van der Waals surface area contributed by atoms with Gasteiger partial charge in [0, 0.05) is 0 Å². The molecule has 0 aliphatic heterocycles. The van der Waals surface area contributed by atoms with Crippen molar-refractivity contribution in [1.29, 1.82) is 0 Å². The van der Waals surface area contributed by atoms with Crippen LogP contribution in [0.4, 0.5) is 4.79 Å². The maximum absolute atomic E-state index is 8.33. The molecule has 0 fully saturated rings. The van der Waals surface area contributed by atoms with Crippen LogP contribution in [0.5, 0.6) is 0 Å². The fourth-order valence-electron chi connectivity index (χ4n) is 0.664. The average molecular weight is 256 g/mol. The summed E-state index contributed by atoms with van der Waals surface area (Å²) in [6.45, 7) is 18.2. The minimum Gasteiger partial charge on any atom is -0.652 e. The molecule has 0 heterocycles. The van der Waals surface area contributed by atoms with E-state index in [1.165, 1.54) is 0 Å². The van der Waals surface area contributed by atoms with E-state index in [-0.39, 0.29) is 0 Å². The number of carboxylic acid groups (broad SMARTS) is 2. The second-order valence-electron chi connectivity index (χ2n) is 2.92. The topological polar surface area (TPSA) is 96.4 Å². The highest BCUT2D eigenvalue weighted by molar-refractivity contribution is 5.47. The van der Waals surface area contributed by atoms with Crippen molar-refractivity contribution in [2.75, 3.05) is 26.2 Å². The van der Waals surface area contributed by atoms with Crippen LogP contribution in [0.25, 0.3) is 0 Å². The molecule has 0 aromatic heterocycles. The lowest BCUT2D eigenvalue weighted by atomic mass is 10.5. The van der Waals surface area contributed by atoms with Gasteiger partial charge in [0.15, 0.2) is 0 Å². The number of rotatable bonds is 8. The molecule has 0 aromatic rings. The van der Waals surface area contributed by atoms with Crippen LogP contribution < -0.4 is 20.8 Å². The van der Waals surface area contributed by atoms with E-state index in [9.17, 15) is 0 Å². The van der Waals surface area contributed by atoms with Crippen LogP contribution in [0.2, 0.25) is 0 Å². The Kier molecular flexibility index (Phi) is 29.1. The van der Waals surface area contributed by atoms with Gasteiger partial charge in [0.05, 0.1) is 26.2 Å². The van der Waals surface area contributed by atoms with Crippen molar-refractivity contribution in [3.8, 4) is 0 Å². The number of quaternary nitrogens is 2. The Balaban J connectivity index is -0.000000196.